The Bertz CT molecular complexity index is 181. The lowest BCUT2D eigenvalue weighted by Gasteiger charge is -1.63. The average Bonchev–Trinajstić information content (AvgIpc) is 1.27. The fraction of sp³-hybridized carbons (Fsp3) is 0. The van der Waals surface area contributed by atoms with Gasteiger partial charge in [0.05, 0.1) is 0 Å². The van der Waals surface area contributed by atoms with E-state index in [0.29, 0.717) is 0 Å². The Labute approximate surface area is 41.8 Å². The van der Waals surface area contributed by atoms with Gasteiger partial charge in [0.1, 0.15) is 0 Å². The lowest BCUT2D eigenvalue weighted by molar-refractivity contribution is 0.298. The second-order valence-electron chi connectivity index (χ2n) is 0.702. The molecule has 0 amide bonds. The zero-order chi connectivity index (χ0) is 5.86. The molecule has 0 aliphatic rings. The summed E-state index contributed by atoms with van der Waals surface area (Å²) in [4.78, 5) is 0. The van der Waals surface area contributed by atoms with Gasteiger partial charge in [0, 0.05) is 0 Å². The van der Waals surface area contributed by atoms with E-state index in [1.54, 1.807) is 0 Å². The molecule has 0 N–H and O–H groups in total. The van der Waals surface area contributed by atoms with Gasteiger partial charge >= 0.3 is 10.5 Å². The van der Waals surface area contributed by atoms with E-state index in [1.807, 2.05) is 0 Å². The van der Waals surface area contributed by atoms with Crippen molar-refractivity contribution in [2.75, 3.05) is 0 Å². The van der Waals surface area contributed by atoms with E-state index in [9.17, 15) is 13.5 Å². The van der Waals surface area contributed by atoms with Gasteiger partial charge in [0.25, 0.3) is 5.88 Å². The highest BCUT2D eigenvalue weighted by Crippen LogP contribution is 1.80. The van der Waals surface area contributed by atoms with Gasteiger partial charge < -0.3 is 0 Å². The number of rotatable bonds is 1. The predicted molar refractivity (Wildman–Crippen MR) is 21.2 cm³/mol. The van der Waals surface area contributed by atoms with Crippen molar-refractivity contribution >= 4 is 10.5 Å². The number of hydrogen-bond acceptors (Lipinski definition) is 3. The molecule has 5 heteroatoms. The van der Waals surface area contributed by atoms with Crippen LogP contribution in [0.25, 0.3) is 0 Å². The molecule has 0 heterocycles. The van der Waals surface area contributed by atoms with E-state index in [4.69, 9.17) is 0 Å². The maximum Gasteiger partial charge on any atom is 0.319 e. The van der Waals surface area contributed by atoms with Crippen LogP contribution in [0.1, 0.15) is 0 Å². The van der Waals surface area contributed by atoms with Crippen molar-refractivity contribution in [2.24, 2.45) is 4.36 Å². The Morgan fingerprint density at radius 1 is 1.57 bits per heavy atom. The quantitative estimate of drug-likeness (QED) is 0.455. The van der Waals surface area contributed by atoms with Gasteiger partial charge in [0.2, 0.25) is 0 Å². The highest BCUT2D eigenvalue weighted by Gasteiger charge is 1.79. The molecule has 0 aromatic heterocycles. The molecule has 0 unspecified atom stereocenters. The molecule has 39 valence electrons. The number of hydrogen-bond donors (Lipinski definition) is 0. The summed E-state index contributed by atoms with van der Waals surface area (Å²) in [6, 6.07) is 0. The Hall–Kier alpha value is -0.840. The highest BCUT2D eigenvalue weighted by molar-refractivity contribution is 7.61. The fourth-order valence-corrected chi connectivity index (χ4v) is 0.249. The van der Waals surface area contributed by atoms with E-state index < -0.39 is 16.4 Å². The first-order chi connectivity index (χ1) is 3.13. The molecule has 0 aromatic carbocycles. The Morgan fingerprint density at radius 2 is 2.00 bits per heavy atom. The zero-order valence-electron chi connectivity index (χ0n) is 3.29. The average molecular weight is 120 g/mol. The Morgan fingerprint density at radius 3 is 2.00 bits per heavy atom. The normalized spacial score (nSPS) is 7.43. The second-order valence-corrected chi connectivity index (χ2v) is 1.32. The predicted octanol–water partition coefficient (Wildman–Crippen LogP) is -0.0492. The molecule has 0 aromatic rings. The maximum absolute atomic E-state index is 9.58. The van der Waals surface area contributed by atoms with E-state index in [0.717, 1.165) is 0 Å². The maximum atomic E-state index is 9.58. The molecule has 0 rings (SSSR count). The monoisotopic (exact) mass is 120 g/mol. The third-order valence-corrected chi connectivity index (χ3v) is 0.529. The van der Waals surface area contributed by atoms with Crippen molar-refractivity contribution < 1.29 is 13.5 Å². The van der Waals surface area contributed by atoms with Crippen molar-refractivity contribution in [2.45, 2.75) is 0 Å². The smallest absolute Gasteiger partial charge is 0.267 e. The molecule has 0 aliphatic heterocycles. The van der Waals surface area contributed by atoms with Crippen LogP contribution in [-0.2, 0) is 15.6 Å². The van der Waals surface area contributed by atoms with E-state index in [1.165, 1.54) is 0 Å². The second kappa shape index (κ2) is 2.35. The van der Waals surface area contributed by atoms with Crippen molar-refractivity contribution in [3.05, 3.63) is 12.5 Å². The largest absolute Gasteiger partial charge is 0.319 e. The van der Waals surface area contributed by atoms with Gasteiger partial charge in [-0.3, -0.25) is 5.11 Å². The molecule has 7 heavy (non-hydrogen) atoms. The minimum Gasteiger partial charge on any atom is -0.267 e. The van der Waals surface area contributed by atoms with Crippen molar-refractivity contribution in [1.29, 1.82) is 0 Å². The number of nitrogens with zero attached hydrogens (tertiary/aromatic N) is 1. The Kier molecular flexibility index (Phi) is 2.07. The molecule has 0 spiro atoms. The van der Waals surface area contributed by atoms with E-state index in [2.05, 4.69) is 10.9 Å². The Balaban J connectivity index is 4.26. The molecular weight excluding hydrogens is 118 g/mol. The van der Waals surface area contributed by atoms with Gasteiger partial charge in [-0.25, -0.2) is 0 Å². The molecule has 1 radical (unpaired) electrons. The molecule has 0 fully saturated rings. The van der Waals surface area contributed by atoms with E-state index >= 15 is 0 Å². The molecule has 4 nitrogen and oxygen atoms in total. The van der Waals surface area contributed by atoms with Crippen molar-refractivity contribution in [3.63, 3.8) is 0 Å². The van der Waals surface area contributed by atoms with Crippen molar-refractivity contribution in [3.8, 4) is 0 Å². The zero-order valence-corrected chi connectivity index (χ0v) is 4.10. The minimum atomic E-state index is -2.63. The molecule has 0 saturated carbocycles. The van der Waals surface area contributed by atoms with Gasteiger partial charge in [0.15, 0.2) is 0 Å². The van der Waals surface area contributed by atoms with Crippen LogP contribution in [0.3, 0.4) is 0 Å². The molecular formula is C2H2NO3S. The summed E-state index contributed by atoms with van der Waals surface area (Å²) in [5.74, 6) is -0.951. The third kappa shape index (κ3) is 5.16. The molecule has 0 aliphatic carbocycles. The molecule has 0 bridgehead atoms. The first-order valence-corrected chi connectivity index (χ1v) is 2.33. The topological polar surface area (TPSA) is 66.4 Å². The van der Waals surface area contributed by atoms with Crippen LogP contribution < -0.4 is 0 Å². The van der Waals surface area contributed by atoms with E-state index in [-0.39, 0.29) is 0 Å². The summed E-state index contributed by atoms with van der Waals surface area (Å²) in [6.07, 6.45) is 0. The van der Waals surface area contributed by atoms with Crippen molar-refractivity contribution in [1.82, 2.24) is 0 Å². The van der Waals surface area contributed by atoms with Gasteiger partial charge in [-0.05, 0) is 6.58 Å². The summed E-state index contributed by atoms with van der Waals surface area (Å²) < 4.78 is 21.2. The van der Waals surface area contributed by atoms with Crippen LogP contribution in [0, 0.1) is 0 Å². The first-order valence-electron chi connectivity index (χ1n) is 1.30. The standard InChI is InChI=1S/C2H2NO3S/c1-2(4)3-7(5)6/h1H2. The van der Waals surface area contributed by atoms with Gasteiger partial charge in [-0.15, -0.1) is 0 Å². The van der Waals surface area contributed by atoms with Crippen LogP contribution >= 0.6 is 0 Å². The summed E-state index contributed by atoms with van der Waals surface area (Å²) >= 11 is 0. The van der Waals surface area contributed by atoms with Crippen LogP contribution in [0.5, 0.6) is 0 Å². The fourth-order valence-electron chi connectivity index (χ4n) is 0.0831. The minimum absolute atomic E-state index is 0.951. The SMILES string of the molecule is C=C([O])N=S(=O)=O. The summed E-state index contributed by atoms with van der Waals surface area (Å²) in [5, 5.41) is 9.58. The van der Waals surface area contributed by atoms with Gasteiger partial charge in [-0.2, -0.15) is 8.42 Å². The first kappa shape index (κ1) is 6.16. The molecule has 0 atom stereocenters. The lowest BCUT2D eigenvalue weighted by atomic mass is 11.0. The third-order valence-electron chi connectivity index (χ3n) is 0.176. The van der Waals surface area contributed by atoms with Gasteiger partial charge in [-0.1, -0.05) is 4.36 Å². The lowest BCUT2D eigenvalue weighted by Crippen LogP contribution is -1.62. The van der Waals surface area contributed by atoms with Crippen LogP contribution in [-0.4, -0.2) is 8.42 Å². The van der Waals surface area contributed by atoms with Crippen LogP contribution in [0.2, 0.25) is 0 Å². The van der Waals surface area contributed by atoms with Crippen LogP contribution in [0.4, 0.5) is 0 Å². The van der Waals surface area contributed by atoms with Crippen LogP contribution in [0.15, 0.2) is 16.8 Å². The molecule has 0 saturated heterocycles. The summed E-state index contributed by atoms with van der Waals surface area (Å²) in [5.41, 5.74) is 0. The summed E-state index contributed by atoms with van der Waals surface area (Å²) in [7, 11) is -2.63. The highest BCUT2D eigenvalue weighted by atomic mass is 32.2. The summed E-state index contributed by atoms with van der Waals surface area (Å²) in [6.45, 7) is 2.68.